The second-order valence-electron chi connectivity index (χ2n) is 6.14. The zero-order chi connectivity index (χ0) is 22.3. The Labute approximate surface area is 171 Å². The molecule has 30 heavy (non-hydrogen) atoms. The number of hydrogen-bond donors (Lipinski definition) is 1. The molecular weight excluding hydrogens is 396 g/mol. The standard InChI is InChI=1S/C20H20N2O8/c1-12(23)14-5-4-6-16(9-14)29-11-19(24)30-13(2)20(25)21-17-10-15(22(26)27)7-8-18(17)28-3/h4-10,13H,11H2,1-3H3,(H,21,25)/t13-/m1/s1. The predicted octanol–water partition coefficient (Wildman–Crippen LogP) is 2.76. The Kier molecular flexibility index (Phi) is 7.45. The Hall–Kier alpha value is -3.95. The molecule has 2 aromatic rings. The van der Waals surface area contributed by atoms with Crippen molar-refractivity contribution in [3.05, 3.63) is 58.1 Å². The Balaban J connectivity index is 1.95. The third-order valence-electron chi connectivity index (χ3n) is 3.93. The van der Waals surface area contributed by atoms with E-state index in [-0.39, 0.29) is 22.9 Å². The molecule has 0 spiro atoms. The van der Waals surface area contributed by atoms with Crippen molar-refractivity contribution in [1.82, 2.24) is 0 Å². The number of hydrogen-bond acceptors (Lipinski definition) is 8. The molecule has 0 aromatic heterocycles. The molecule has 0 heterocycles. The van der Waals surface area contributed by atoms with Crippen molar-refractivity contribution in [3.8, 4) is 11.5 Å². The normalized spacial score (nSPS) is 11.2. The van der Waals surface area contributed by atoms with Gasteiger partial charge in [-0.2, -0.15) is 0 Å². The Morgan fingerprint density at radius 1 is 1.17 bits per heavy atom. The summed E-state index contributed by atoms with van der Waals surface area (Å²) in [6, 6.07) is 9.99. The van der Waals surface area contributed by atoms with Gasteiger partial charge in [-0.1, -0.05) is 12.1 Å². The van der Waals surface area contributed by atoms with Crippen LogP contribution in [-0.4, -0.2) is 42.4 Å². The van der Waals surface area contributed by atoms with Crippen molar-refractivity contribution in [3.63, 3.8) is 0 Å². The van der Waals surface area contributed by atoms with Gasteiger partial charge >= 0.3 is 5.97 Å². The third-order valence-corrected chi connectivity index (χ3v) is 3.93. The van der Waals surface area contributed by atoms with E-state index in [0.717, 1.165) is 6.07 Å². The summed E-state index contributed by atoms with van der Waals surface area (Å²) in [6.07, 6.45) is -1.20. The molecular formula is C20H20N2O8. The number of nitrogens with zero attached hydrogens (tertiary/aromatic N) is 1. The number of methoxy groups -OCH3 is 1. The van der Waals surface area contributed by atoms with Gasteiger partial charge in [0.25, 0.3) is 11.6 Å². The molecule has 0 radical (unpaired) electrons. The monoisotopic (exact) mass is 416 g/mol. The van der Waals surface area contributed by atoms with E-state index in [4.69, 9.17) is 14.2 Å². The number of Topliss-reactive ketones (excluding diaryl/α,β-unsaturated/α-hetero) is 1. The molecule has 2 aromatic carbocycles. The van der Waals surface area contributed by atoms with Crippen LogP contribution in [0.1, 0.15) is 24.2 Å². The minimum absolute atomic E-state index is 0.0666. The summed E-state index contributed by atoms with van der Waals surface area (Å²) >= 11 is 0. The molecule has 1 N–H and O–H groups in total. The fraction of sp³-hybridized carbons (Fsp3) is 0.250. The van der Waals surface area contributed by atoms with E-state index < -0.39 is 29.5 Å². The number of carbonyl (C=O) groups excluding carboxylic acids is 3. The summed E-state index contributed by atoms with van der Waals surface area (Å²) in [5.74, 6) is -1.15. The van der Waals surface area contributed by atoms with Crippen LogP contribution in [0.15, 0.2) is 42.5 Å². The number of ketones is 1. The molecule has 0 aliphatic rings. The van der Waals surface area contributed by atoms with Crippen LogP contribution < -0.4 is 14.8 Å². The van der Waals surface area contributed by atoms with E-state index in [0.29, 0.717) is 11.3 Å². The summed E-state index contributed by atoms with van der Waals surface area (Å²) < 4.78 is 15.4. The molecule has 0 unspecified atom stereocenters. The average molecular weight is 416 g/mol. The summed E-state index contributed by atoms with van der Waals surface area (Å²) in [4.78, 5) is 45.9. The molecule has 0 bridgehead atoms. The fourth-order valence-corrected chi connectivity index (χ4v) is 2.37. The molecule has 0 saturated carbocycles. The van der Waals surface area contributed by atoms with Crippen LogP contribution in [0.25, 0.3) is 0 Å². The lowest BCUT2D eigenvalue weighted by molar-refractivity contribution is -0.384. The molecule has 10 heteroatoms. The Morgan fingerprint density at radius 2 is 1.90 bits per heavy atom. The van der Waals surface area contributed by atoms with E-state index >= 15 is 0 Å². The number of esters is 1. The van der Waals surface area contributed by atoms with E-state index in [1.807, 2.05) is 0 Å². The second kappa shape index (κ2) is 10.0. The topological polar surface area (TPSA) is 134 Å². The zero-order valence-electron chi connectivity index (χ0n) is 16.5. The molecule has 158 valence electrons. The number of amides is 1. The molecule has 1 amide bonds. The summed E-state index contributed by atoms with van der Waals surface area (Å²) in [6.45, 7) is 2.27. The number of carbonyl (C=O) groups is 3. The van der Waals surface area contributed by atoms with Crippen LogP contribution in [0.3, 0.4) is 0 Å². The molecule has 0 aliphatic carbocycles. The van der Waals surface area contributed by atoms with Gasteiger partial charge < -0.3 is 19.5 Å². The minimum atomic E-state index is -1.20. The van der Waals surface area contributed by atoms with Gasteiger partial charge in [-0.25, -0.2) is 4.79 Å². The van der Waals surface area contributed by atoms with Crippen molar-refractivity contribution in [2.24, 2.45) is 0 Å². The van der Waals surface area contributed by atoms with Gasteiger partial charge in [0.15, 0.2) is 18.5 Å². The SMILES string of the molecule is COc1ccc([N+](=O)[O-])cc1NC(=O)[C@@H](C)OC(=O)COc1cccc(C(C)=O)c1. The van der Waals surface area contributed by atoms with Crippen molar-refractivity contribution < 1.29 is 33.5 Å². The first-order valence-corrected chi connectivity index (χ1v) is 8.78. The second-order valence-corrected chi connectivity index (χ2v) is 6.14. The number of nitrogens with one attached hydrogen (secondary N) is 1. The van der Waals surface area contributed by atoms with Gasteiger partial charge in [0.05, 0.1) is 17.7 Å². The van der Waals surface area contributed by atoms with Crippen LogP contribution >= 0.6 is 0 Å². The van der Waals surface area contributed by atoms with E-state index in [1.54, 1.807) is 18.2 Å². The van der Waals surface area contributed by atoms with E-state index in [2.05, 4.69) is 5.32 Å². The van der Waals surface area contributed by atoms with Gasteiger partial charge in [-0.15, -0.1) is 0 Å². The number of non-ortho nitro benzene ring substituents is 1. The van der Waals surface area contributed by atoms with Gasteiger partial charge in [-0.05, 0) is 32.0 Å². The Morgan fingerprint density at radius 3 is 2.53 bits per heavy atom. The number of anilines is 1. The molecule has 0 saturated heterocycles. The molecule has 0 fully saturated rings. The van der Waals surface area contributed by atoms with Crippen LogP contribution in [-0.2, 0) is 14.3 Å². The maximum Gasteiger partial charge on any atom is 0.344 e. The highest BCUT2D eigenvalue weighted by Gasteiger charge is 2.21. The predicted molar refractivity (Wildman–Crippen MR) is 106 cm³/mol. The first-order chi connectivity index (χ1) is 14.2. The van der Waals surface area contributed by atoms with Crippen LogP contribution in [0.2, 0.25) is 0 Å². The van der Waals surface area contributed by atoms with Crippen LogP contribution in [0, 0.1) is 10.1 Å². The highest BCUT2D eigenvalue weighted by atomic mass is 16.6. The number of ether oxygens (including phenoxy) is 3. The van der Waals surface area contributed by atoms with Gasteiger partial charge in [0.1, 0.15) is 11.5 Å². The highest BCUT2D eigenvalue weighted by molar-refractivity contribution is 5.96. The fourth-order valence-electron chi connectivity index (χ4n) is 2.37. The lowest BCUT2D eigenvalue weighted by Gasteiger charge is -2.15. The zero-order valence-corrected chi connectivity index (χ0v) is 16.5. The smallest absolute Gasteiger partial charge is 0.344 e. The van der Waals surface area contributed by atoms with E-state index in [1.165, 1.54) is 39.2 Å². The molecule has 10 nitrogen and oxygen atoms in total. The van der Waals surface area contributed by atoms with Gasteiger partial charge in [-0.3, -0.25) is 19.7 Å². The first kappa shape index (κ1) is 22.3. The van der Waals surface area contributed by atoms with Crippen molar-refractivity contribution in [2.75, 3.05) is 19.0 Å². The number of benzene rings is 2. The van der Waals surface area contributed by atoms with E-state index in [9.17, 15) is 24.5 Å². The number of rotatable bonds is 9. The average Bonchev–Trinajstić information content (AvgIpc) is 2.72. The minimum Gasteiger partial charge on any atom is -0.495 e. The summed E-state index contributed by atoms with van der Waals surface area (Å²) in [5, 5.41) is 13.3. The third kappa shape index (κ3) is 6.03. The van der Waals surface area contributed by atoms with Crippen LogP contribution in [0.4, 0.5) is 11.4 Å². The Bertz CT molecular complexity index is 973. The van der Waals surface area contributed by atoms with Crippen LogP contribution in [0.5, 0.6) is 11.5 Å². The number of nitro benzene ring substituents is 1. The lowest BCUT2D eigenvalue weighted by atomic mass is 10.1. The maximum absolute atomic E-state index is 12.3. The van der Waals surface area contributed by atoms with Crippen molar-refractivity contribution >= 4 is 29.0 Å². The maximum atomic E-state index is 12.3. The summed E-state index contributed by atoms with van der Waals surface area (Å²) in [7, 11) is 1.35. The summed E-state index contributed by atoms with van der Waals surface area (Å²) in [5.41, 5.74) is 0.258. The molecule has 2 rings (SSSR count). The first-order valence-electron chi connectivity index (χ1n) is 8.78. The van der Waals surface area contributed by atoms with Crippen molar-refractivity contribution in [2.45, 2.75) is 20.0 Å². The largest absolute Gasteiger partial charge is 0.495 e. The molecule has 0 aliphatic heterocycles. The molecule has 1 atom stereocenters. The van der Waals surface area contributed by atoms with Crippen molar-refractivity contribution in [1.29, 1.82) is 0 Å². The quantitative estimate of drug-likeness (QED) is 0.285. The number of nitro groups is 1. The highest BCUT2D eigenvalue weighted by Crippen LogP contribution is 2.29. The van der Waals surface area contributed by atoms with Gasteiger partial charge in [0.2, 0.25) is 0 Å². The lowest BCUT2D eigenvalue weighted by Crippen LogP contribution is -2.31. The van der Waals surface area contributed by atoms with Gasteiger partial charge in [0, 0.05) is 17.7 Å².